The van der Waals surface area contributed by atoms with Crippen LogP contribution in [-0.4, -0.2) is 36.2 Å². The number of carbonyl (C=O) groups excluding carboxylic acids is 1. The standard InChI is InChI=1S/C12H24N2O2/c1-9(7-8-13)10(2)14(6)11(15)16-12(3,4)5/h10H,1,7-8,13H2,2-6H3. The lowest BCUT2D eigenvalue weighted by atomic mass is 10.1. The first kappa shape index (κ1) is 15.0. The maximum absolute atomic E-state index is 11.7. The Labute approximate surface area is 98.4 Å². The quantitative estimate of drug-likeness (QED) is 0.750. The summed E-state index contributed by atoms with van der Waals surface area (Å²) in [6.07, 6.45) is 0.382. The van der Waals surface area contributed by atoms with Crippen LogP contribution < -0.4 is 5.73 Å². The van der Waals surface area contributed by atoms with Gasteiger partial charge in [-0.3, -0.25) is 0 Å². The van der Waals surface area contributed by atoms with Gasteiger partial charge < -0.3 is 15.4 Å². The molecule has 16 heavy (non-hydrogen) atoms. The van der Waals surface area contributed by atoms with Gasteiger partial charge in [-0.15, -0.1) is 0 Å². The molecule has 0 aromatic heterocycles. The van der Waals surface area contributed by atoms with E-state index in [1.54, 1.807) is 11.9 Å². The molecule has 4 heteroatoms. The smallest absolute Gasteiger partial charge is 0.410 e. The lowest BCUT2D eigenvalue weighted by Crippen LogP contribution is -2.40. The van der Waals surface area contributed by atoms with E-state index in [-0.39, 0.29) is 12.1 Å². The zero-order valence-electron chi connectivity index (χ0n) is 11.0. The number of amides is 1. The Morgan fingerprint density at radius 2 is 2.00 bits per heavy atom. The Morgan fingerprint density at radius 1 is 1.50 bits per heavy atom. The van der Waals surface area contributed by atoms with E-state index in [9.17, 15) is 4.79 Å². The lowest BCUT2D eigenvalue weighted by molar-refractivity contribution is 0.0258. The minimum Gasteiger partial charge on any atom is -0.444 e. The molecule has 0 aromatic carbocycles. The maximum Gasteiger partial charge on any atom is 0.410 e. The minimum absolute atomic E-state index is 0.0570. The van der Waals surface area contributed by atoms with E-state index in [0.29, 0.717) is 13.0 Å². The molecule has 94 valence electrons. The van der Waals surface area contributed by atoms with E-state index in [1.807, 2.05) is 27.7 Å². The largest absolute Gasteiger partial charge is 0.444 e. The molecule has 0 aromatic rings. The Hall–Kier alpha value is -1.03. The molecule has 0 heterocycles. The summed E-state index contributed by atoms with van der Waals surface area (Å²) in [7, 11) is 1.71. The Bertz CT molecular complexity index is 256. The molecule has 2 N–H and O–H groups in total. The maximum atomic E-state index is 11.7. The molecule has 1 unspecified atom stereocenters. The highest BCUT2D eigenvalue weighted by molar-refractivity contribution is 5.68. The third-order valence-electron chi connectivity index (χ3n) is 2.32. The van der Waals surface area contributed by atoms with Gasteiger partial charge in [0, 0.05) is 7.05 Å². The van der Waals surface area contributed by atoms with Crippen LogP contribution in [-0.2, 0) is 4.74 Å². The first-order chi connectivity index (χ1) is 7.19. The number of rotatable bonds is 4. The van der Waals surface area contributed by atoms with Crippen LogP contribution in [0.3, 0.4) is 0 Å². The van der Waals surface area contributed by atoms with E-state index in [4.69, 9.17) is 10.5 Å². The van der Waals surface area contributed by atoms with Gasteiger partial charge in [-0.2, -0.15) is 0 Å². The predicted octanol–water partition coefficient (Wildman–Crippen LogP) is 2.15. The van der Waals surface area contributed by atoms with Crippen LogP contribution in [0.2, 0.25) is 0 Å². The molecule has 1 amide bonds. The summed E-state index contributed by atoms with van der Waals surface area (Å²) in [5.74, 6) is 0. The molecule has 0 aliphatic heterocycles. The SMILES string of the molecule is C=C(CCN)C(C)N(C)C(=O)OC(C)(C)C. The van der Waals surface area contributed by atoms with E-state index in [1.165, 1.54) is 0 Å². The van der Waals surface area contributed by atoms with E-state index in [2.05, 4.69) is 6.58 Å². The Kier molecular flexibility index (Phi) is 5.51. The highest BCUT2D eigenvalue weighted by Crippen LogP contribution is 2.14. The first-order valence-electron chi connectivity index (χ1n) is 5.52. The second-order valence-electron chi connectivity index (χ2n) is 4.96. The number of likely N-dealkylation sites (N-methyl/N-ethyl adjacent to an activating group) is 1. The van der Waals surface area contributed by atoms with Gasteiger partial charge in [0.05, 0.1) is 6.04 Å². The average molecular weight is 228 g/mol. The van der Waals surface area contributed by atoms with Gasteiger partial charge in [-0.25, -0.2) is 4.79 Å². The molecule has 0 aliphatic rings. The fraction of sp³-hybridized carbons (Fsp3) is 0.750. The van der Waals surface area contributed by atoms with E-state index in [0.717, 1.165) is 5.57 Å². The third kappa shape index (κ3) is 5.16. The van der Waals surface area contributed by atoms with Crippen LogP contribution in [0.15, 0.2) is 12.2 Å². The molecule has 0 saturated carbocycles. The molecule has 0 bridgehead atoms. The lowest BCUT2D eigenvalue weighted by Gasteiger charge is -2.29. The summed E-state index contributed by atoms with van der Waals surface area (Å²) in [4.78, 5) is 13.3. The highest BCUT2D eigenvalue weighted by Gasteiger charge is 2.23. The first-order valence-corrected chi connectivity index (χ1v) is 5.52. The molecular weight excluding hydrogens is 204 g/mol. The summed E-state index contributed by atoms with van der Waals surface area (Å²) >= 11 is 0. The van der Waals surface area contributed by atoms with Crippen molar-refractivity contribution in [1.29, 1.82) is 0 Å². The van der Waals surface area contributed by atoms with Crippen LogP contribution in [0.5, 0.6) is 0 Å². The van der Waals surface area contributed by atoms with Crippen molar-refractivity contribution in [3.05, 3.63) is 12.2 Å². The topological polar surface area (TPSA) is 55.6 Å². The summed E-state index contributed by atoms with van der Waals surface area (Å²) in [6.45, 7) is 11.9. The van der Waals surface area contributed by atoms with Gasteiger partial charge in [0.1, 0.15) is 5.60 Å². The van der Waals surface area contributed by atoms with Crippen LogP contribution in [0, 0.1) is 0 Å². The second-order valence-corrected chi connectivity index (χ2v) is 4.96. The molecule has 0 fully saturated rings. The summed E-state index contributed by atoms with van der Waals surface area (Å²) in [6, 6.07) is -0.0570. The van der Waals surface area contributed by atoms with Crippen molar-refractivity contribution in [2.24, 2.45) is 5.73 Å². The number of ether oxygens (including phenoxy) is 1. The molecule has 0 saturated heterocycles. The van der Waals surface area contributed by atoms with Crippen molar-refractivity contribution >= 4 is 6.09 Å². The fourth-order valence-corrected chi connectivity index (χ4v) is 1.16. The molecule has 0 radical (unpaired) electrons. The third-order valence-corrected chi connectivity index (χ3v) is 2.32. The zero-order chi connectivity index (χ0) is 12.9. The number of hydrogen-bond acceptors (Lipinski definition) is 3. The van der Waals surface area contributed by atoms with Crippen molar-refractivity contribution in [2.75, 3.05) is 13.6 Å². The number of carbonyl (C=O) groups is 1. The van der Waals surface area contributed by atoms with Crippen molar-refractivity contribution < 1.29 is 9.53 Å². The predicted molar refractivity (Wildman–Crippen MR) is 66.3 cm³/mol. The molecule has 4 nitrogen and oxygen atoms in total. The highest BCUT2D eigenvalue weighted by atomic mass is 16.6. The van der Waals surface area contributed by atoms with Crippen LogP contribution in [0.4, 0.5) is 4.79 Å². The van der Waals surface area contributed by atoms with Gasteiger partial charge in [0.15, 0.2) is 0 Å². The zero-order valence-corrected chi connectivity index (χ0v) is 11.0. The number of hydrogen-bond donors (Lipinski definition) is 1. The molecule has 0 spiro atoms. The van der Waals surface area contributed by atoms with Crippen LogP contribution >= 0.6 is 0 Å². The molecule has 1 atom stereocenters. The van der Waals surface area contributed by atoms with Crippen molar-refractivity contribution in [3.8, 4) is 0 Å². The van der Waals surface area contributed by atoms with Gasteiger partial charge >= 0.3 is 6.09 Å². The summed E-state index contributed by atoms with van der Waals surface area (Å²) in [5, 5.41) is 0. The molecule has 0 rings (SSSR count). The van der Waals surface area contributed by atoms with Crippen molar-refractivity contribution in [3.63, 3.8) is 0 Å². The van der Waals surface area contributed by atoms with Crippen LogP contribution in [0.1, 0.15) is 34.1 Å². The monoisotopic (exact) mass is 228 g/mol. The Morgan fingerprint density at radius 3 is 2.38 bits per heavy atom. The second kappa shape index (κ2) is 5.89. The van der Waals surface area contributed by atoms with Gasteiger partial charge in [0.25, 0.3) is 0 Å². The molecule has 0 aliphatic carbocycles. The molecular formula is C12H24N2O2. The summed E-state index contributed by atoms with van der Waals surface area (Å²) < 4.78 is 5.26. The Balaban J connectivity index is 4.38. The normalized spacial score (nSPS) is 13.1. The van der Waals surface area contributed by atoms with E-state index >= 15 is 0 Å². The van der Waals surface area contributed by atoms with Gasteiger partial charge in [-0.1, -0.05) is 12.2 Å². The minimum atomic E-state index is -0.472. The van der Waals surface area contributed by atoms with Crippen molar-refractivity contribution in [1.82, 2.24) is 4.90 Å². The number of nitrogens with two attached hydrogens (primary N) is 1. The summed E-state index contributed by atoms with van der Waals surface area (Å²) in [5.41, 5.74) is 5.92. The van der Waals surface area contributed by atoms with Gasteiger partial charge in [-0.05, 0) is 40.7 Å². The van der Waals surface area contributed by atoms with Crippen LogP contribution in [0.25, 0.3) is 0 Å². The van der Waals surface area contributed by atoms with Gasteiger partial charge in [0.2, 0.25) is 0 Å². The number of nitrogens with zero attached hydrogens (tertiary/aromatic N) is 1. The average Bonchev–Trinajstić information content (AvgIpc) is 2.13. The van der Waals surface area contributed by atoms with E-state index < -0.39 is 5.60 Å². The van der Waals surface area contributed by atoms with Crippen molar-refractivity contribution in [2.45, 2.75) is 45.8 Å². The fourth-order valence-electron chi connectivity index (χ4n) is 1.16.